The SMILES string of the molecule is O=C1[C@@H]2[C@H]3CCCN3[C@@]3(C(=O)Nc4ccc(Cl)cc43)[C@@H]2C(=O)N1c1ccc(F)c(Cl)c1. The molecule has 3 amide bonds. The van der Waals surface area contributed by atoms with Crippen molar-refractivity contribution < 1.29 is 18.8 Å². The summed E-state index contributed by atoms with van der Waals surface area (Å²) in [5, 5.41) is 3.17. The van der Waals surface area contributed by atoms with E-state index in [0.717, 1.165) is 17.4 Å². The lowest BCUT2D eigenvalue weighted by Gasteiger charge is -2.36. The van der Waals surface area contributed by atoms with Crippen molar-refractivity contribution in [3.8, 4) is 0 Å². The van der Waals surface area contributed by atoms with Crippen LogP contribution in [0.4, 0.5) is 15.8 Å². The minimum Gasteiger partial charge on any atom is -0.324 e. The molecule has 0 unspecified atom stereocenters. The Labute approximate surface area is 186 Å². The molecule has 0 saturated carbocycles. The number of halogens is 3. The van der Waals surface area contributed by atoms with Gasteiger partial charge in [-0.2, -0.15) is 0 Å². The molecular formula is C22H16Cl2FN3O3. The number of imide groups is 1. The van der Waals surface area contributed by atoms with Crippen molar-refractivity contribution in [1.29, 1.82) is 0 Å². The van der Waals surface area contributed by atoms with Gasteiger partial charge in [0.05, 0.1) is 22.5 Å². The number of carbonyl (C=O) groups excluding carboxylic acids is 3. The van der Waals surface area contributed by atoms with E-state index in [1.807, 2.05) is 4.90 Å². The number of carbonyl (C=O) groups is 3. The molecule has 4 atom stereocenters. The zero-order valence-corrected chi connectivity index (χ0v) is 17.6. The van der Waals surface area contributed by atoms with Gasteiger partial charge in [0.25, 0.3) is 0 Å². The van der Waals surface area contributed by atoms with Crippen LogP contribution >= 0.6 is 23.2 Å². The van der Waals surface area contributed by atoms with Crippen LogP contribution in [0.25, 0.3) is 0 Å². The van der Waals surface area contributed by atoms with E-state index < -0.39 is 29.1 Å². The third kappa shape index (κ3) is 2.24. The minimum atomic E-state index is -1.29. The number of anilines is 2. The second kappa shape index (κ2) is 6.28. The van der Waals surface area contributed by atoms with Crippen molar-refractivity contribution in [2.24, 2.45) is 11.8 Å². The second-order valence-corrected chi connectivity index (χ2v) is 9.27. The van der Waals surface area contributed by atoms with Crippen molar-refractivity contribution in [3.05, 3.63) is 57.8 Å². The highest BCUT2D eigenvalue weighted by Crippen LogP contribution is 2.60. The van der Waals surface area contributed by atoms with Crippen LogP contribution in [0.5, 0.6) is 0 Å². The van der Waals surface area contributed by atoms with Gasteiger partial charge in [0, 0.05) is 22.3 Å². The fraction of sp³-hybridized carbons (Fsp3) is 0.318. The van der Waals surface area contributed by atoms with Crippen LogP contribution in [0, 0.1) is 17.7 Å². The number of benzene rings is 2. The van der Waals surface area contributed by atoms with Crippen LogP contribution in [0.1, 0.15) is 18.4 Å². The normalized spacial score (nSPS) is 31.4. The van der Waals surface area contributed by atoms with Gasteiger partial charge in [0.2, 0.25) is 17.7 Å². The number of amides is 3. The van der Waals surface area contributed by atoms with Crippen LogP contribution in [-0.4, -0.2) is 35.2 Å². The third-order valence-corrected chi connectivity index (χ3v) is 7.64. The zero-order chi connectivity index (χ0) is 21.7. The summed E-state index contributed by atoms with van der Waals surface area (Å²) in [6.45, 7) is 0.611. The maximum absolute atomic E-state index is 13.8. The van der Waals surface area contributed by atoms with E-state index in [2.05, 4.69) is 5.32 Å². The number of rotatable bonds is 1. The van der Waals surface area contributed by atoms with E-state index >= 15 is 0 Å². The van der Waals surface area contributed by atoms with Gasteiger partial charge in [0.15, 0.2) is 0 Å². The summed E-state index contributed by atoms with van der Waals surface area (Å²) in [5.41, 5.74) is 0.145. The Hall–Kier alpha value is -2.48. The number of hydrogen-bond donors (Lipinski definition) is 1. The van der Waals surface area contributed by atoms with Gasteiger partial charge in [-0.25, -0.2) is 9.29 Å². The highest BCUT2D eigenvalue weighted by Gasteiger charge is 2.74. The predicted molar refractivity (Wildman–Crippen MR) is 112 cm³/mol. The van der Waals surface area contributed by atoms with Crippen molar-refractivity contribution in [2.75, 3.05) is 16.8 Å². The molecule has 3 fully saturated rings. The first-order chi connectivity index (χ1) is 14.9. The van der Waals surface area contributed by atoms with E-state index in [1.165, 1.54) is 12.1 Å². The average molecular weight is 460 g/mol. The number of hydrogen-bond acceptors (Lipinski definition) is 4. The molecule has 3 saturated heterocycles. The Bertz CT molecular complexity index is 1200. The fourth-order valence-electron chi connectivity index (χ4n) is 6.05. The van der Waals surface area contributed by atoms with Crippen molar-refractivity contribution in [2.45, 2.75) is 24.4 Å². The topological polar surface area (TPSA) is 69.7 Å². The molecule has 1 N–H and O–H groups in total. The molecule has 6 rings (SSSR count). The summed E-state index contributed by atoms with van der Waals surface area (Å²) in [5.74, 6) is -3.38. The van der Waals surface area contributed by atoms with E-state index in [9.17, 15) is 18.8 Å². The van der Waals surface area contributed by atoms with Crippen LogP contribution in [0.3, 0.4) is 0 Å². The molecule has 31 heavy (non-hydrogen) atoms. The van der Waals surface area contributed by atoms with Gasteiger partial charge >= 0.3 is 0 Å². The lowest BCUT2D eigenvalue weighted by molar-refractivity contribution is -0.135. The summed E-state index contributed by atoms with van der Waals surface area (Å²) in [6, 6.07) is 8.63. The molecule has 0 bridgehead atoms. The van der Waals surface area contributed by atoms with E-state index in [-0.39, 0.29) is 28.6 Å². The molecule has 0 aromatic heterocycles. The monoisotopic (exact) mass is 459 g/mol. The van der Waals surface area contributed by atoms with Crippen LogP contribution in [0.2, 0.25) is 10.0 Å². The number of nitrogens with one attached hydrogen (secondary N) is 1. The Kier molecular flexibility index (Phi) is 3.89. The molecule has 2 aromatic carbocycles. The minimum absolute atomic E-state index is 0.178. The van der Waals surface area contributed by atoms with Gasteiger partial charge in [0.1, 0.15) is 11.4 Å². The molecule has 4 aliphatic heterocycles. The van der Waals surface area contributed by atoms with Crippen molar-refractivity contribution >= 4 is 52.3 Å². The molecule has 9 heteroatoms. The first-order valence-corrected chi connectivity index (χ1v) is 10.8. The Morgan fingerprint density at radius 1 is 1.06 bits per heavy atom. The average Bonchev–Trinajstić information content (AvgIpc) is 3.43. The Balaban J connectivity index is 1.56. The van der Waals surface area contributed by atoms with Crippen molar-refractivity contribution in [3.63, 3.8) is 0 Å². The summed E-state index contributed by atoms with van der Waals surface area (Å²) in [4.78, 5) is 43.9. The van der Waals surface area contributed by atoms with E-state index in [0.29, 0.717) is 29.2 Å². The fourth-order valence-corrected chi connectivity index (χ4v) is 6.40. The quantitative estimate of drug-likeness (QED) is 0.661. The van der Waals surface area contributed by atoms with E-state index in [1.54, 1.807) is 18.2 Å². The van der Waals surface area contributed by atoms with Gasteiger partial charge in [-0.05, 0) is 55.8 Å². The molecule has 4 aliphatic rings. The standard InChI is InChI=1S/C22H16Cl2FN3O3/c23-10-3-6-15-12(8-10)22(21(31)26-15)18-17(16-2-1-7-27(16)22)19(29)28(20(18)30)11-4-5-14(25)13(24)9-11/h3-6,8-9,16-18H,1-2,7H2,(H,26,31)/t16-,17-,18+,22-/m1/s1. The molecule has 0 aliphatic carbocycles. The smallest absolute Gasteiger partial charge is 0.250 e. The van der Waals surface area contributed by atoms with E-state index in [4.69, 9.17) is 23.2 Å². The molecule has 0 radical (unpaired) electrons. The molecule has 158 valence electrons. The largest absolute Gasteiger partial charge is 0.324 e. The summed E-state index contributed by atoms with van der Waals surface area (Å²) >= 11 is 12.2. The Morgan fingerprint density at radius 2 is 1.87 bits per heavy atom. The molecule has 2 aromatic rings. The summed E-state index contributed by atoms with van der Waals surface area (Å²) < 4.78 is 13.7. The van der Waals surface area contributed by atoms with Crippen LogP contribution in [-0.2, 0) is 19.9 Å². The molecular weight excluding hydrogens is 444 g/mol. The summed E-state index contributed by atoms with van der Waals surface area (Å²) in [6.07, 6.45) is 1.53. The van der Waals surface area contributed by atoms with Crippen LogP contribution < -0.4 is 10.2 Å². The van der Waals surface area contributed by atoms with Gasteiger partial charge < -0.3 is 5.32 Å². The Morgan fingerprint density at radius 3 is 2.65 bits per heavy atom. The number of fused-ring (bicyclic) bond motifs is 7. The zero-order valence-electron chi connectivity index (χ0n) is 16.1. The molecule has 1 spiro atoms. The van der Waals surface area contributed by atoms with Crippen molar-refractivity contribution in [1.82, 2.24) is 4.90 Å². The lowest BCUT2D eigenvalue weighted by atomic mass is 9.75. The maximum Gasteiger partial charge on any atom is 0.250 e. The second-order valence-electron chi connectivity index (χ2n) is 8.43. The number of nitrogens with zero attached hydrogens (tertiary/aromatic N) is 2. The van der Waals surface area contributed by atoms with Gasteiger partial charge in [-0.3, -0.25) is 19.3 Å². The maximum atomic E-state index is 13.8. The third-order valence-electron chi connectivity index (χ3n) is 7.12. The first kappa shape index (κ1) is 19.2. The lowest BCUT2D eigenvalue weighted by Crippen LogP contribution is -2.54. The molecule has 4 heterocycles. The predicted octanol–water partition coefficient (Wildman–Crippen LogP) is 3.56. The van der Waals surface area contributed by atoms with Gasteiger partial charge in [-0.1, -0.05) is 23.2 Å². The molecule has 6 nitrogen and oxygen atoms in total. The highest BCUT2D eigenvalue weighted by atomic mass is 35.5. The highest BCUT2D eigenvalue weighted by molar-refractivity contribution is 6.32. The van der Waals surface area contributed by atoms with Gasteiger partial charge in [-0.15, -0.1) is 0 Å². The summed E-state index contributed by atoms with van der Waals surface area (Å²) in [7, 11) is 0. The first-order valence-electron chi connectivity index (χ1n) is 10.1. The van der Waals surface area contributed by atoms with Crippen LogP contribution in [0.15, 0.2) is 36.4 Å².